The second-order valence-electron chi connectivity index (χ2n) is 4.16. The summed E-state index contributed by atoms with van der Waals surface area (Å²) < 4.78 is 1.62. The zero-order chi connectivity index (χ0) is 14.1. The van der Waals surface area contributed by atoms with Gasteiger partial charge in [0, 0.05) is 18.0 Å². The summed E-state index contributed by atoms with van der Waals surface area (Å²) in [4.78, 5) is 19.0. The summed E-state index contributed by atoms with van der Waals surface area (Å²) in [6, 6.07) is 9.05. The molecule has 0 aliphatic heterocycles. The minimum atomic E-state index is -1.08. The Hall–Kier alpha value is -3.20. The van der Waals surface area contributed by atoms with Crippen molar-refractivity contribution < 1.29 is 9.90 Å². The quantitative estimate of drug-likeness (QED) is 0.764. The van der Waals surface area contributed by atoms with Crippen LogP contribution in [0.4, 0.5) is 0 Å². The molecule has 1 N–H and O–H groups in total. The third kappa shape index (κ3) is 1.97. The molecule has 1 aromatic carbocycles. The van der Waals surface area contributed by atoms with Crippen molar-refractivity contribution in [3.05, 3.63) is 54.1 Å². The molecule has 0 atom stereocenters. The first kappa shape index (κ1) is 11.9. The van der Waals surface area contributed by atoms with E-state index in [1.54, 1.807) is 34.9 Å². The number of carbonyl (C=O) groups is 1. The Morgan fingerprint density at radius 3 is 2.65 bits per heavy atom. The molecule has 2 heterocycles. The first-order chi connectivity index (χ1) is 9.67. The van der Waals surface area contributed by atoms with Gasteiger partial charge in [0.25, 0.3) is 0 Å². The van der Waals surface area contributed by atoms with Crippen LogP contribution in [0.15, 0.2) is 42.9 Å². The van der Waals surface area contributed by atoms with E-state index in [0.717, 1.165) is 5.56 Å². The molecule has 0 fully saturated rings. The molecule has 0 saturated carbocycles. The third-order valence-corrected chi connectivity index (χ3v) is 2.87. The standard InChI is InChI=1S/C14H8N4O2/c15-5-9-1-3-10(4-2-9)11-7-18-8-12(14(19)20)17-13(18)6-16-11/h1-4,6-8H,(H,19,20). The number of imidazole rings is 1. The average molecular weight is 264 g/mol. The topological polar surface area (TPSA) is 91.3 Å². The number of carboxylic acids is 1. The Labute approximate surface area is 113 Å². The van der Waals surface area contributed by atoms with Crippen LogP contribution >= 0.6 is 0 Å². The van der Waals surface area contributed by atoms with E-state index in [1.807, 2.05) is 0 Å². The van der Waals surface area contributed by atoms with Crippen LogP contribution in [0.5, 0.6) is 0 Å². The van der Waals surface area contributed by atoms with Gasteiger partial charge in [0.05, 0.1) is 23.5 Å². The lowest BCUT2D eigenvalue weighted by molar-refractivity contribution is 0.0691. The second kappa shape index (κ2) is 4.48. The SMILES string of the molecule is N#Cc1ccc(-c2cn3cc(C(=O)O)nc3cn2)cc1. The van der Waals surface area contributed by atoms with Crippen molar-refractivity contribution in [2.24, 2.45) is 0 Å². The van der Waals surface area contributed by atoms with Gasteiger partial charge in [-0.3, -0.25) is 4.98 Å². The number of benzene rings is 1. The maximum absolute atomic E-state index is 10.9. The minimum Gasteiger partial charge on any atom is -0.476 e. The number of rotatable bonds is 2. The summed E-state index contributed by atoms with van der Waals surface area (Å²) >= 11 is 0. The molecular weight excluding hydrogens is 256 g/mol. The fourth-order valence-corrected chi connectivity index (χ4v) is 1.87. The molecule has 3 rings (SSSR count). The summed E-state index contributed by atoms with van der Waals surface area (Å²) in [6.45, 7) is 0. The maximum Gasteiger partial charge on any atom is 0.356 e. The van der Waals surface area contributed by atoms with E-state index in [4.69, 9.17) is 10.4 Å². The Bertz CT molecular complexity index is 844. The molecule has 0 bridgehead atoms. The molecule has 6 nitrogen and oxygen atoms in total. The highest BCUT2D eigenvalue weighted by molar-refractivity contribution is 5.86. The van der Waals surface area contributed by atoms with Gasteiger partial charge in [-0.1, -0.05) is 12.1 Å². The molecule has 0 aliphatic carbocycles. The van der Waals surface area contributed by atoms with Gasteiger partial charge in [-0.15, -0.1) is 0 Å². The van der Waals surface area contributed by atoms with E-state index in [9.17, 15) is 4.79 Å². The van der Waals surface area contributed by atoms with Gasteiger partial charge >= 0.3 is 5.97 Å². The van der Waals surface area contributed by atoms with Gasteiger partial charge in [0.15, 0.2) is 11.3 Å². The Balaban J connectivity index is 2.07. The van der Waals surface area contributed by atoms with Crippen LogP contribution in [-0.4, -0.2) is 25.4 Å². The summed E-state index contributed by atoms with van der Waals surface area (Å²) in [5, 5.41) is 17.7. The van der Waals surface area contributed by atoms with Crippen LogP contribution in [0, 0.1) is 11.3 Å². The predicted molar refractivity (Wildman–Crippen MR) is 70.1 cm³/mol. The normalized spacial score (nSPS) is 10.3. The Kier molecular flexibility index (Phi) is 2.66. The zero-order valence-corrected chi connectivity index (χ0v) is 10.2. The number of aromatic carboxylic acids is 1. The molecular formula is C14H8N4O2. The smallest absolute Gasteiger partial charge is 0.356 e. The van der Waals surface area contributed by atoms with Crippen LogP contribution < -0.4 is 0 Å². The highest BCUT2D eigenvalue weighted by atomic mass is 16.4. The highest BCUT2D eigenvalue weighted by Crippen LogP contribution is 2.18. The van der Waals surface area contributed by atoms with E-state index < -0.39 is 5.97 Å². The van der Waals surface area contributed by atoms with Crippen molar-refractivity contribution in [2.45, 2.75) is 0 Å². The van der Waals surface area contributed by atoms with Crippen LogP contribution in [0.1, 0.15) is 16.1 Å². The summed E-state index contributed by atoms with van der Waals surface area (Å²) in [6.07, 6.45) is 4.66. The van der Waals surface area contributed by atoms with Gasteiger partial charge in [0.2, 0.25) is 0 Å². The van der Waals surface area contributed by atoms with Crippen LogP contribution in [-0.2, 0) is 0 Å². The van der Waals surface area contributed by atoms with Crippen LogP contribution in [0.3, 0.4) is 0 Å². The molecule has 96 valence electrons. The summed E-state index contributed by atoms with van der Waals surface area (Å²) in [5.74, 6) is -1.08. The van der Waals surface area contributed by atoms with E-state index in [-0.39, 0.29) is 5.69 Å². The van der Waals surface area contributed by atoms with Crippen molar-refractivity contribution in [3.63, 3.8) is 0 Å². The fourth-order valence-electron chi connectivity index (χ4n) is 1.87. The molecule has 6 heteroatoms. The number of nitriles is 1. The van der Waals surface area contributed by atoms with Gasteiger partial charge in [0.1, 0.15) is 0 Å². The molecule has 0 radical (unpaired) electrons. The van der Waals surface area contributed by atoms with Gasteiger partial charge in [-0.2, -0.15) is 5.26 Å². The summed E-state index contributed by atoms with van der Waals surface area (Å²) in [5.41, 5.74) is 2.54. The predicted octanol–water partition coefficient (Wildman–Crippen LogP) is 1.97. The van der Waals surface area contributed by atoms with Crippen LogP contribution in [0.25, 0.3) is 16.9 Å². The van der Waals surface area contributed by atoms with Crippen LogP contribution in [0.2, 0.25) is 0 Å². The fraction of sp³-hybridized carbons (Fsp3) is 0. The minimum absolute atomic E-state index is 0.0243. The lowest BCUT2D eigenvalue weighted by Gasteiger charge is -2.01. The van der Waals surface area contributed by atoms with E-state index >= 15 is 0 Å². The number of carboxylic acid groups (broad SMARTS) is 1. The molecule has 0 unspecified atom stereocenters. The maximum atomic E-state index is 10.9. The molecule has 2 aromatic heterocycles. The Morgan fingerprint density at radius 1 is 1.25 bits per heavy atom. The number of nitrogens with zero attached hydrogens (tertiary/aromatic N) is 4. The monoisotopic (exact) mass is 264 g/mol. The molecule has 0 spiro atoms. The largest absolute Gasteiger partial charge is 0.476 e. The van der Waals surface area contributed by atoms with Gasteiger partial charge < -0.3 is 9.51 Å². The van der Waals surface area contributed by atoms with E-state index in [1.165, 1.54) is 12.4 Å². The highest BCUT2D eigenvalue weighted by Gasteiger charge is 2.09. The summed E-state index contributed by atoms with van der Waals surface area (Å²) in [7, 11) is 0. The zero-order valence-electron chi connectivity index (χ0n) is 10.2. The van der Waals surface area contributed by atoms with Crippen molar-refractivity contribution in [1.82, 2.24) is 14.4 Å². The first-order valence-electron chi connectivity index (χ1n) is 5.76. The van der Waals surface area contributed by atoms with Gasteiger partial charge in [-0.25, -0.2) is 9.78 Å². The van der Waals surface area contributed by atoms with Crippen molar-refractivity contribution in [1.29, 1.82) is 5.26 Å². The molecule has 0 aliphatic rings. The van der Waals surface area contributed by atoms with Crippen molar-refractivity contribution in [2.75, 3.05) is 0 Å². The van der Waals surface area contributed by atoms with Gasteiger partial charge in [-0.05, 0) is 12.1 Å². The number of hydrogen-bond acceptors (Lipinski definition) is 4. The Morgan fingerprint density at radius 2 is 2.00 bits per heavy atom. The molecule has 3 aromatic rings. The third-order valence-electron chi connectivity index (χ3n) is 2.87. The van der Waals surface area contributed by atoms with Crippen molar-refractivity contribution in [3.8, 4) is 17.3 Å². The molecule has 20 heavy (non-hydrogen) atoms. The second-order valence-corrected chi connectivity index (χ2v) is 4.16. The van der Waals surface area contributed by atoms with E-state index in [0.29, 0.717) is 16.9 Å². The van der Waals surface area contributed by atoms with E-state index in [2.05, 4.69) is 16.0 Å². The molecule has 0 saturated heterocycles. The lowest BCUT2D eigenvalue weighted by atomic mass is 10.1. The molecule has 0 amide bonds. The lowest BCUT2D eigenvalue weighted by Crippen LogP contribution is -1.94. The first-order valence-corrected chi connectivity index (χ1v) is 5.76. The van der Waals surface area contributed by atoms with Crippen molar-refractivity contribution >= 4 is 11.6 Å². The number of fused-ring (bicyclic) bond motifs is 1. The average Bonchev–Trinajstić information content (AvgIpc) is 2.90. The number of aromatic nitrogens is 3. The number of hydrogen-bond donors (Lipinski definition) is 1.